The molecule has 0 aromatic carbocycles. The average molecular weight is 231 g/mol. The van der Waals surface area contributed by atoms with E-state index < -0.39 is 0 Å². The van der Waals surface area contributed by atoms with Gasteiger partial charge in [0.25, 0.3) is 0 Å². The molecular weight excluding hydrogens is 206 g/mol. The van der Waals surface area contributed by atoms with Gasteiger partial charge in [0.15, 0.2) is 6.29 Å². The number of carbonyl (C=O) groups is 1. The van der Waals surface area contributed by atoms with Gasteiger partial charge in [-0.2, -0.15) is 0 Å². The lowest BCUT2D eigenvalue weighted by Crippen LogP contribution is -2.36. The van der Waals surface area contributed by atoms with Crippen molar-refractivity contribution in [3.05, 3.63) is 0 Å². The molecule has 1 aliphatic rings. The normalized spacial score (nSPS) is 18.1. The highest BCUT2D eigenvalue weighted by atomic mass is 16.7. The van der Waals surface area contributed by atoms with Crippen molar-refractivity contribution in [3.8, 4) is 0 Å². The Morgan fingerprint density at radius 3 is 2.12 bits per heavy atom. The maximum atomic E-state index is 10.0. The summed E-state index contributed by atoms with van der Waals surface area (Å²) in [6.07, 6.45) is 7.14. The van der Waals surface area contributed by atoms with Gasteiger partial charge in [-0.05, 0) is 26.2 Å². The second kappa shape index (κ2) is 8.67. The van der Waals surface area contributed by atoms with E-state index in [-0.39, 0.29) is 11.8 Å². The van der Waals surface area contributed by atoms with Gasteiger partial charge in [0.05, 0.1) is 0 Å². The summed E-state index contributed by atoms with van der Waals surface area (Å²) in [4.78, 5) is 10.0. The Hall–Kier alpha value is -0.450. The van der Waals surface area contributed by atoms with E-state index in [9.17, 15) is 4.79 Å². The predicted octanol–water partition coefficient (Wildman–Crippen LogP) is 1.86. The number of rotatable bonds is 5. The van der Waals surface area contributed by atoms with Gasteiger partial charge in [-0.3, -0.25) is 0 Å². The molecule has 4 nitrogen and oxygen atoms in total. The molecule has 1 saturated carbocycles. The monoisotopic (exact) mass is 231 g/mol. The third kappa shape index (κ3) is 6.93. The molecule has 1 aliphatic carbocycles. The van der Waals surface area contributed by atoms with Gasteiger partial charge < -0.3 is 20.0 Å². The Labute approximate surface area is 98.5 Å². The maximum Gasteiger partial charge on any atom is 0.154 e. The molecule has 0 heterocycles. The first-order chi connectivity index (χ1) is 7.58. The highest BCUT2D eigenvalue weighted by Gasteiger charge is 2.28. The number of methoxy groups -OCH3 is 2. The van der Waals surface area contributed by atoms with Crippen LogP contribution >= 0.6 is 0 Å². The fourth-order valence-corrected chi connectivity index (χ4v) is 1.77. The minimum absolute atomic E-state index is 0.0148. The number of hydrogen-bond donors (Lipinski definition) is 1. The van der Waals surface area contributed by atoms with Crippen LogP contribution in [-0.4, -0.2) is 32.3 Å². The van der Waals surface area contributed by atoms with Crippen molar-refractivity contribution in [2.24, 2.45) is 5.73 Å². The Balaban J connectivity index is 0.000000325. The molecule has 0 aromatic heterocycles. The van der Waals surface area contributed by atoms with Crippen LogP contribution in [0.1, 0.15) is 45.4 Å². The zero-order valence-corrected chi connectivity index (χ0v) is 10.7. The minimum Gasteiger partial charge on any atom is -0.356 e. The fourth-order valence-electron chi connectivity index (χ4n) is 1.77. The van der Waals surface area contributed by atoms with Gasteiger partial charge in [0.1, 0.15) is 6.29 Å². The summed E-state index contributed by atoms with van der Waals surface area (Å²) in [6, 6.07) is 0. The number of nitrogens with two attached hydrogens (primary N) is 1. The molecule has 0 unspecified atom stereocenters. The van der Waals surface area contributed by atoms with Crippen LogP contribution in [0.2, 0.25) is 0 Å². The van der Waals surface area contributed by atoms with Crippen molar-refractivity contribution >= 4 is 6.29 Å². The molecule has 1 rings (SSSR count). The van der Waals surface area contributed by atoms with Gasteiger partial charge in [-0.25, -0.2) is 0 Å². The number of ether oxygens (including phenoxy) is 2. The molecule has 0 amide bonds. The Morgan fingerprint density at radius 2 is 1.81 bits per heavy atom. The lowest BCUT2D eigenvalue weighted by molar-refractivity contribution is -0.108. The van der Waals surface area contributed by atoms with E-state index in [0.29, 0.717) is 6.42 Å². The van der Waals surface area contributed by atoms with E-state index in [1.807, 2.05) is 6.92 Å². The summed E-state index contributed by atoms with van der Waals surface area (Å²) in [7, 11) is 3.21. The van der Waals surface area contributed by atoms with Crippen LogP contribution in [0, 0.1) is 0 Å². The van der Waals surface area contributed by atoms with E-state index in [2.05, 4.69) is 9.47 Å². The van der Waals surface area contributed by atoms with Crippen molar-refractivity contribution in [1.82, 2.24) is 0 Å². The molecule has 0 spiro atoms. The number of aldehydes is 1. The summed E-state index contributed by atoms with van der Waals surface area (Å²) >= 11 is 0. The van der Waals surface area contributed by atoms with Crippen LogP contribution < -0.4 is 5.73 Å². The van der Waals surface area contributed by atoms with Crippen molar-refractivity contribution in [1.29, 1.82) is 0 Å². The highest BCUT2D eigenvalue weighted by Crippen LogP contribution is 2.30. The molecular formula is C12H25NO3. The average Bonchev–Trinajstić information content (AvgIpc) is 2.74. The van der Waals surface area contributed by atoms with Gasteiger partial charge in [-0.15, -0.1) is 0 Å². The molecule has 0 aromatic rings. The zero-order valence-electron chi connectivity index (χ0n) is 10.7. The van der Waals surface area contributed by atoms with Crippen LogP contribution in [0.25, 0.3) is 0 Å². The molecule has 4 heteroatoms. The predicted molar refractivity (Wildman–Crippen MR) is 64.2 cm³/mol. The van der Waals surface area contributed by atoms with Gasteiger partial charge >= 0.3 is 0 Å². The third-order valence-electron chi connectivity index (χ3n) is 3.02. The van der Waals surface area contributed by atoms with Gasteiger partial charge in [-0.1, -0.05) is 12.8 Å². The summed E-state index contributed by atoms with van der Waals surface area (Å²) in [5.41, 5.74) is 6.00. The molecule has 2 N–H and O–H groups in total. The molecule has 96 valence electrons. The van der Waals surface area contributed by atoms with Crippen molar-refractivity contribution in [2.75, 3.05) is 14.2 Å². The molecule has 0 aliphatic heterocycles. The quantitative estimate of drug-likeness (QED) is 0.579. The second-order valence-corrected chi connectivity index (χ2v) is 4.31. The Morgan fingerprint density at radius 1 is 1.31 bits per heavy atom. The summed E-state index contributed by atoms with van der Waals surface area (Å²) < 4.78 is 9.35. The molecule has 0 saturated heterocycles. The lowest BCUT2D eigenvalue weighted by Gasteiger charge is -2.21. The summed E-state index contributed by atoms with van der Waals surface area (Å²) in [5, 5.41) is 0. The number of carbonyl (C=O) groups excluding carboxylic acids is 1. The van der Waals surface area contributed by atoms with Crippen LogP contribution in [0.5, 0.6) is 0 Å². The van der Waals surface area contributed by atoms with Crippen molar-refractivity contribution in [3.63, 3.8) is 0 Å². The number of hydrogen-bond acceptors (Lipinski definition) is 4. The van der Waals surface area contributed by atoms with Gasteiger partial charge in [0.2, 0.25) is 0 Å². The van der Waals surface area contributed by atoms with Crippen LogP contribution in [0.15, 0.2) is 0 Å². The molecule has 16 heavy (non-hydrogen) atoms. The van der Waals surface area contributed by atoms with Crippen LogP contribution in [0.3, 0.4) is 0 Å². The van der Waals surface area contributed by atoms with Crippen molar-refractivity contribution < 1.29 is 14.3 Å². The lowest BCUT2D eigenvalue weighted by atomic mass is 9.93. The molecule has 0 atom stereocenters. The third-order valence-corrected chi connectivity index (χ3v) is 3.02. The fraction of sp³-hybridized carbons (Fsp3) is 0.917. The van der Waals surface area contributed by atoms with Crippen LogP contribution in [0.4, 0.5) is 0 Å². The molecule has 0 radical (unpaired) electrons. The first kappa shape index (κ1) is 15.6. The molecule has 0 bridgehead atoms. The maximum absolute atomic E-state index is 10.0. The Kier molecular flexibility index (Phi) is 8.43. The van der Waals surface area contributed by atoms with E-state index in [4.69, 9.17) is 5.73 Å². The van der Waals surface area contributed by atoms with Crippen molar-refractivity contribution in [2.45, 2.75) is 57.3 Å². The minimum atomic E-state index is -0.0648. The van der Waals surface area contributed by atoms with E-state index >= 15 is 0 Å². The smallest absolute Gasteiger partial charge is 0.154 e. The first-order valence-electron chi connectivity index (χ1n) is 5.86. The van der Waals surface area contributed by atoms with Crippen LogP contribution in [-0.2, 0) is 14.3 Å². The SMILES string of the molecule is COC(C)OC.NC1(CCC=O)CCCC1. The highest BCUT2D eigenvalue weighted by molar-refractivity contribution is 5.49. The van der Waals surface area contributed by atoms with E-state index in [1.165, 1.54) is 12.8 Å². The zero-order chi connectivity index (χ0) is 12.4. The first-order valence-corrected chi connectivity index (χ1v) is 5.86. The second-order valence-electron chi connectivity index (χ2n) is 4.31. The Bertz CT molecular complexity index is 175. The largest absolute Gasteiger partial charge is 0.356 e. The van der Waals surface area contributed by atoms with Gasteiger partial charge in [0, 0.05) is 26.2 Å². The van der Waals surface area contributed by atoms with E-state index in [1.54, 1.807) is 14.2 Å². The standard InChI is InChI=1S/C8H15NO.C4H10O2/c9-8(6-3-7-10)4-1-2-5-8;1-4(5-2)6-3/h7H,1-6,9H2;4H,1-3H3. The van der Waals surface area contributed by atoms with E-state index in [0.717, 1.165) is 25.5 Å². The summed E-state index contributed by atoms with van der Waals surface area (Å²) in [5.74, 6) is 0. The topological polar surface area (TPSA) is 61.6 Å². The molecule has 1 fully saturated rings. The summed E-state index contributed by atoms with van der Waals surface area (Å²) in [6.45, 7) is 1.83.